The van der Waals surface area contributed by atoms with Gasteiger partial charge in [-0.15, -0.1) is 0 Å². The average molecular weight is 316 g/mol. The molecule has 2 aliphatic rings. The van der Waals surface area contributed by atoms with E-state index in [4.69, 9.17) is 16.6 Å². The fourth-order valence-corrected chi connectivity index (χ4v) is 2.99. The zero-order valence-corrected chi connectivity index (χ0v) is 13.0. The topological polar surface area (TPSA) is 54.0 Å². The van der Waals surface area contributed by atoms with Gasteiger partial charge in [0.15, 0.2) is 0 Å². The summed E-state index contributed by atoms with van der Waals surface area (Å²) in [5.74, 6) is 1.04. The Bertz CT molecular complexity index is 738. The first-order valence-corrected chi connectivity index (χ1v) is 8.17. The highest BCUT2D eigenvalue weighted by Gasteiger charge is 2.27. The molecule has 114 valence electrons. The number of hydrogen-bond donors (Lipinski definition) is 2. The summed E-state index contributed by atoms with van der Waals surface area (Å²) >= 11 is 6.10. The van der Waals surface area contributed by atoms with Crippen molar-refractivity contribution in [1.29, 1.82) is 0 Å². The summed E-state index contributed by atoms with van der Waals surface area (Å²) in [6.45, 7) is 2.68. The number of nitrogens with zero attached hydrogens (tertiary/aromatic N) is 1. The lowest BCUT2D eigenvalue weighted by molar-refractivity contribution is 0.0943. The monoisotopic (exact) mass is 315 g/mol. The van der Waals surface area contributed by atoms with Gasteiger partial charge in [-0.3, -0.25) is 9.78 Å². The number of carbonyl (C=O) groups excluding carboxylic acids is 1. The van der Waals surface area contributed by atoms with E-state index in [1.807, 2.05) is 24.3 Å². The Kier molecular flexibility index (Phi) is 3.51. The molecule has 0 atom stereocenters. The predicted octanol–water partition coefficient (Wildman–Crippen LogP) is 2.71. The van der Waals surface area contributed by atoms with Gasteiger partial charge in [0.1, 0.15) is 0 Å². The van der Waals surface area contributed by atoms with Crippen LogP contribution in [0.2, 0.25) is 5.02 Å². The summed E-state index contributed by atoms with van der Waals surface area (Å²) in [4.78, 5) is 17.3. The molecule has 0 unspecified atom stereocenters. The minimum atomic E-state index is -0.0246. The minimum absolute atomic E-state index is 0.0246. The lowest BCUT2D eigenvalue weighted by atomic mass is 10.0. The van der Waals surface area contributed by atoms with Crippen LogP contribution in [0.3, 0.4) is 0 Å². The molecule has 1 saturated carbocycles. The van der Waals surface area contributed by atoms with Crippen LogP contribution in [-0.4, -0.2) is 30.5 Å². The highest BCUT2D eigenvalue weighted by atomic mass is 35.5. The minimum Gasteiger partial charge on any atom is -0.352 e. The van der Waals surface area contributed by atoms with Gasteiger partial charge in [-0.05, 0) is 37.1 Å². The maximum Gasteiger partial charge on any atom is 0.252 e. The van der Waals surface area contributed by atoms with E-state index in [2.05, 4.69) is 10.6 Å². The number of aromatic nitrogens is 1. The van der Waals surface area contributed by atoms with E-state index in [1.165, 1.54) is 12.8 Å². The fourth-order valence-electron chi connectivity index (χ4n) is 2.82. The van der Waals surface area contributed by atoms with E-state index in [0.717, 1.165) is 36.2 Å². The number of fused-ring (bicyclic) bond motifs is 1. The maximum atomic E-state index is 12.6. The Morgan fingerprint density at radius 2 is 2.14 bits per heavy atom. The zero-order chi connectivity index (χ0) is 15.1. The molecule has 0 bridgehead atoms. The van der Waals surface area contributed by atoms with Gasteiger partial charge in [-0.25, -0.2) is 0 Å². The third-order valence-corrected chi connectivity index (χ3v) is 4.68. The lowest BCUT2D eigenvalue weighted by Gasteiger charge is -2.27. The Balaban J connectivity index is 1.69. The van der Waals surface area contributed by atoms with Crippen molar-refractivity contribution in [2.75, 3.05) is 19.6 Å². The van der Waals surface area contributed by atoms with E-state index in [9.17, 15) is 4.79 Å². The number of hydrogen-bond acceptors (Lipinski definition) is 3. The largest absolute Gasteiger partial charge is 0.352 e. The van der Waals surface area contributed by atoms with Crippen molar-refractivity contribution in [2.24, 2.45) is 5.92 Å². The van der Waals surface area contributed by atoms with Gasteiger partial charge < -0.3 is 10.6 Å². The van der Waals surface area contributed by atoms with Crippen LogP contribution in [0.15, 0.2) is 24.3 Å². The Labute approximate surface area is 134 Å². The standard InChI is InChI=1S/C17H18ClN3O/c18-12-3-4-15-13(5-12)14(6-16(21-15)11-1-2-11)17(22)20-9-10-7-19-8-10/h3-6,10-11,19H,1-2,7-9H2,(H,20,22). The molecule has 0 spiro atoms. The van der Waals surface area contributed by atoms with Crippen LogP contribution in [0.1, 0.15) is 34.8 Å². The first kappa shape index (κ1) is 14.0. The maximum absolute atomic E-state index is 12.6. The molecule has 1 aliphatic heterocycles. The van der Waals surface area contributed by atoms with Crippen molar-refractivity contribution < 1.29 is 4.79 Å². The third kappa shape index (κ3) is 2.69. The number of carbonyl (C=O) groups is 1. The zero-order valence-electron chi connectivity index (χ0n) is 12.2. The molecule has 2 fully saturated rings. The molecule has 2 heterocycles. The Hall–Kier alpha value is -1.65. The van der Waals surface area contributed by atoms with Gasteiger partial charge >= 0.3 is 0 Å². The van der Waals surface area contributed by atoms with Gasteiger partial charge in [-0.1, -0.05) is 11.6 Å². The highest BCUT2D eigenvalue weighted by Crippen LogP contribution is 2.40. The molecule has 4 rings (SSSR count). The summed E-state index contributed by atoms with van der Waals surface area (Å²) < 4.78 is 0. The molecule has 2 aromatic rings. The smallest absolute Gasteiger partial charge is 0.252 e. The molecule has 0 radical (unpaired) electrons. The van der Waals surface area contributed by atoms with Gasteiger partial charge in [0.05, 0.1) is 11.1 Å². The third-order valence-electron chi connectivity index (χ3n) is 4.45. The molecule has 22 heavy (non-hydrogen) atoms. The molecular weight excluding hydrogens is 298 g/mol. The summed E-state index contributed by atoms with van der Waals surface area (Å²) in [7, 11) is 0. The van der Waals surface area contributed by atoms with Crippen LogP contribution in [0.25, 0.3) is 10.9 Å². The van der Waals surface area contributed by atoms with Crippen molar-refractivity contribution in [3.63, 3.8) is 0 Å². The van der Waals surface area contributed by atoms with Crippen LogP contribution >= 0.6 is 11.6 Å². The SMILES string of the molecule is O=C(NCC1CNC1)c1cc(C2CC2)nc2ccc(Cl)cc12. The molecule has 1 aromatic heterocycles. The van der Waals surface area contributed by atoms with E-state index in [0.29, 0.717) is 22.4 Å². The molecule has 5 heteroatoms. The number of benzene rings is 1. The summed E-state index contributed by atoms with van der Waals surface area (Å²) in [5, 5.41) is 7.73. The highest BCUT2D eigenvalue weighted by molar-refractivity contribution is 6.31. The van der Waals surface area contributed by atoms with E-state index in [-0.39, 0.29) is 5.91 Å². The van der Waals surface area contributed by atoms with Crippen LogP contribution in [0.4, 0.5) is 0 Å². The molecule has 2 N–H and O–H groups in total. The number of amides is 1. The van der Waals surface area contributed by atoms with Crippen molar-refractivity contribution in [3.05, 3.63) is 40.5 Å². The van der Waals surface area contributed by atoms with E-state index >= 15 is 0 Å². The van der Waals surface area contributed by atoms with Gasteiger partial charge in [0.25, 0.3) is 5.91 Å². The molecular formula is C17H18ClN3O. The van der Waals surface area contributed by atoms with E-state index in [1.54, 1.807) is 0 Å². The van der Waals surface area contributed by atoms with Crippen LogP contribution in [-0.2, 0) is 0 Å². The van der Waals surface area contributed by atoms with Crippen molar-refractivity contribution in [2.45, 2.75) is 18.8 Å². The molecule has 1 saturated heterocycles. The van der Waals surface area contributed by atoms with Crippen LogP contribution in [0.5, 0.6) is 0 Å². The van der Waals surface area contributed by atoms with Gasteiger partial charge in [-0.2, -0.15) is 0 Å². The first-order valence-electron chi connectivity index (χ1n) is 7.80. The quantitative estimate of drug-likeness (QED) is 0.912. The van der Waals surface area contributed by atoms with Crippen LogP contribution < -0.4 is 10.6 Å². The lowest BCUT2D eigenvalue weighted by Crippen LogP contribution is -2.48. The van der Waals surface area contributed by atoms with Crippen molar-refractivity contribution >= 4 is 28.4 Å². The number of pyridine rings is 1. The second-order valence-electron chi connectivity index (χ2n) is 6.26. The van der Waals surface area contributed by atoms with Gasteiger partial charge in [0.2, 0.25) is 0 Å². The first-order chi connectivity index (χ1) is 10.7. The number of nitrogens with one attached hydrogen (secondary N) is 2. The Morgan fingerprint density at radius 1 is 1.32 bits per heavy atom. The van der Waals surface area contributed by atoms with Crippen LogP contribution in [0, 0.1) is 5.92 Å². The predicted molar refractivity (Wildman–Crippen MR) is 87.4 cm³/mol. The van der Waals surface area contributed by atoms with Gasteiger partial charge in [0, 0.05) is 47.6 Å². The average Bonchev–Trinajstić information content (AvgIpc) is 3.29. The van der Waals surface area contributed by atoms with Crippen molar-refractivity contribution in [3.8, 4) is 0 Å². The summed E-state index contributed by atoms with van der Waals surface area (Å²) in [5.41, 5.74) is 2.58. The second kappa shape index (κ2) is 5.52. The molecule has 4 nitrogen and oxygen atoms in total. The Morgan fingerprint density at radius 3 is 2.82 bits per heavy atom. The molecule has 1 aliphatic carbocycles. The van der Waals surface area contributed by atoms with Crippen molar-refractivity contribution in [1.82, 2.24) is 15.6 Å². The summed E-state index contributed by atoms with van der Waals surface area (Å²) in [6.07, 6.45) is 2.34. The number of halogens is 1. The summed E-state index contributed by atoms with van der Waals surface area (Å²) in [6, 6.07) is 7.51. The molecule has 1 amide bonds. The van der Waals surface area contributed by atoms with E-state index < -0.39 is 0 Å². The number of rotatable bonds is 4. The fraction of sp³-hybridized carbons (Fsp3) is 0.412. The normalized spacial score (nSPS) is 18.2. The molecule has 1 aromatic carbocycles. The second-order valence-corrected chi connectivity index (χ2v) is 6.70.